The molecule has 62 valence electrons. The van der Waals surface area contributed by atoms with E-state index in [2.05, 4.69) is 12.1 Å². The first kappa shape index (κ1) is 6.63. The Morgan fingerprint density at radius 2 is 1.92 bits per heavy atom. The van der Waals surface area contributed by atoms with Crippen LogP contribution in [0, 0.1) is 0 Å². The molecule has 3 atom stereocenters. The maximum atomic E-state index is 5.50. The highest BCUT2D eigenvalue weighted by Gasteiger charge is 2.51. The van der Waals surface area contributed by atoms with Crippen molar-refractivity contribution in [2.45, 2.75) is 18.3 Å². The molecular formula is C10H10O2. The first-order valence-corrected chi connectivity index (χ1v) is 4.27. The Kier molecular flexibility index (Phi) is 1.28. The van der Waals surface area contributed by atoms with Crippen molar-refractivity contribution >= 4 is 0 Å². The lowest BCUT2D eigenvalue weighted by molar-refractivity contribution is 0.316. The molecular weight excluding hydrogens is 152 g/mol. The number of hydrogen-bond acceptors (Lipinski definition) is 2. The molecule has 2 nitrogen and oxygen atoms in total. The molecule has 1 aromatic carbocycles. The van der Waals surface area contributed by atoms with Crippen LogP contribution in [-0.4, -0.2) is 18.8 Å². The van der Waals surface area contributed by atoms with Gasteiger partial charge in [-0.3, -0.25) is 0 Å². The van der Waals surface area contributed by atoms with Gasteiger partial charge in [0.1, 0.15) is 18.3 Å². The van der Waals surface area contributed by atoms with Crippen LogP contribution in [0.3, 0.4) is 0 Å². The molecule has 3 unspecified atom stereocenters. The Bertz CT molecular complexity index is 279. The van der Waals surface area contributed by atoms with E-state index < -0.39 is 0 Å². The largest absolute Gasteiger partial charge is 0.370 e. The van der Waals surface area contributed by atoms with Crippen molar-refractivity contribution in [2.75, 3.05) is 6.61 Å². The smallest absolute Gasteiger partial charge is 0.117 e. The average molecular weight is 162 g/mol. The van der Waals surface area contributed by atoms with E-state index in [4.69, 9.17) is 9.47 Å². The lowest BCUT2D eigenvalue weighted by atomic mass is 10.1. The van der Waals surface area contributed by atoms with Gasteiger partial charge in [-0.1, -0.05) is 30.3 Å². The fraction of sp³-hybridized carbons (Fsp3) is 0.400. The molecule has 2 saturated heterocycles. The number of epoxide rings is 2. The lowest BCUT2D eigenvalue weighted by Crippen LogP contribution is -1.96. The molecule has 12 heavy (non-hydrogen) atoms. The maximum Gasteiger partial charge on any atom is 0.117 e. The van der Waals surface area contributed by atoms with Gasteiger partial charge in [0.05, 0.1) is 6.61 Å². The fourth-order valence-corrected chi connectivity index (χ4v) is 1.56. The van der Waals surface area contributed by atoms with Crippen molar-refractivity contribution in [2.24, 2.45) is 0 Å². The predicted octanol–water partition coefficient (Wildman–Crippen LogP) is 1.53. The highest BCUT2D eigenvalue weighted by atomic mass is 16.7. The van der Waals surface area contributed by atoms with E-state index >= 15 is 0 Å². The molecule has 0 bridgehead atoms. The topological polar surface area (TPSA) is 25.1 Å². The van der Waals surface area contributed by atoms with E-state index in [1.165, 1.54) is 5.56 Å². The van der Waals surface area contributed by atoms with Gasteiger partial charge in [0, 0.05) is 0 Å². The minimum atomic E-state index is 0.304. The highest BCUT2D eigenvalue weighted by Crippen LogP contribution is 2.44. The summed E-state index contributed by atoms with van der Waals surface area (Å²) in [6, 6.07) is 10.3. The molecule has 0 aliphatic carbocycles. The summed E-state index contributed by atoms with van der Waals surface area (Å²) in [6.45, 7) is 0.883. The fourth-order valence-electron chi connectivity index (χ4n) is 1.56. The molecule has 0 aromatic heterocycles. The van der Waals surface area contributed by atoms with Crippen LogP contribution in [0.5, 0.6) is 0 Å². The summed E-state index contributed by atoms with van der Waals surface area (Å²) >= 11 is 0. The minimum absolute atomic E-state index is 0.304. The number of hydrogen-bond donors (Lipinski definition) is 0. The van der Waals surface area contributed by atoms with Gasteiger partial charge >= 0.3 is 0 Å². The van der Waals surface area contributed by atoms with E-state index in [-0.39, 0.29) is 0 Å². The second-order valence-electron chi connectivity index (χ2n) is 3.30. The van der Waals surface area contributed by atoms with Crippen molar-refractivity contribution in [3.8, 4) is 0 Å². The Hall–Kier alpha value is -0.860. The van der Waals surface area contributed by atoms with Gasteiger partial charge in [0.15, 0.2) is 0 Å². The Balaban J connectivity index is 1.76. The van der Waals surface area contributed by atoms with Crippen LogP contribution >= 0.6 is 0 Å². The Morgan fingerprint density at radius 3 is 2.58 bits per heavy atom. The zero-order chi connectivity index (χ0) is 7.97. The standard InChI is InChI=1S/C10H10O2/c1-2-4-7(5-3-1)9-10(12-9)8-6-11-8/h1-5,8-10H,6H2. The number of benzene rings is 1. The summed E-state index contributed by atoms with van der Waals surface area (Å²) in [5, 5.41) is 0. The Morgan fingerprint density at radius 1 is 1.17 bits per heavy atom. The molecule has 2 aliphatic heterocycles. The lowest BCUT2D eigenvalue weighted by Gasteiger charge is -1.91. The summed E-state index contributed by atoms with van der Waals surface area (Å²) in [4.78, 5) is 0. The van der Waals surface area contributed by atoms with Gasteiger partial charge in [0.2, 0.25) is 0 Å². The second kappa shape index (κ2) is 2.31. The third-order valence-corrected chi connectivity index (χ3v) is 2.38. The molecule has 2 heterocycles. The van der Waals surface area contributed by atoms with Gasteiger partial charge in [-0.05, 0) is 5.56 Å². The Labute approximate surface area is 71.1 Å². The second-order valence-corrected chi connectivity index (χ2v) is 3.30. The summed E-state index contributed by atoms with van der Waals surface area (Å²) < 4.78 is 10.7. The van der Waals surface area contributed by atoms with Crippen molar-refractivity contribution in [1.82, 2.24) is 0 Å². The third-order valence-electron chi connectivity index (χ3n) is 2.38. The first-order chi connectivity index (χ1) is 5.95. The predicted molar refractivity (Wildman–Crippen MR) is 43.8 cm³/mol. The summed E-state index contributed by atoms with van der Waals surface area (Å²) in [5.41, 5.74) is 1.28. The van der Waals surface area contributed by atoms with E-state index in [0.717, 1.165) is 6.61 Å². The zero-order valence-corrected chi connectivity index (χ0v) is 6.64. The normalized spacial score (nSPS) is 37.8. The molecule has 2 aliphatic rings. The van der Waals surface area contributed by atoms with Gasteiger partial charge in [-0.2, -0.15) is 0 Å². The van der Waals surface area contributed by atoms with Crippen molar-refractivity contribution < 1.29 is 9.47 Å². The first-order valence-electron chi connectivity index (χ1n) is 4.27. The molecule has 0 spiro atoms. The molecule has 0 N–H and O–H groups in total. The molecule has 0 saturated carbocycles. The van der Waals surface area contributed by atoms with Crippen molar-refractivity contribution in [3.05, 3.63) is 35.9 Å². The van der Waals surface area contributed by atoms with Crippen molar-refractivity contribution in [1.29, 1.82) is 0 Å². The minimum Gasteiger partial charge on any atom is -0.370 e. The van der Waals surface area contributed by atoms with Crippen LogP contribution in [0.2, 0.25) is 0 Å². The summed E-state index contributed by atoms with van der Waals surface area (Å²) in [7, 11) is 0. The number of ether oxygens (including phenoxy) is 2. The van der Waals surface area contributed by atoms with Crippen LogP contribution < -0.4 is 0 Å². The van der Waals surface area contributed by atoms with Crippen LogP contribution in [0.15, 0.2) is 30.3 Å². The molecule has 1 aromatic rings. The third kappa shape index (κ3) is 1.04. The molecule has 2 heteroatoms. The van der Waals surface area contributed by atoms with Crippen LogP contribution in [0.25, 0.3) is 0 Å². The molecule has 3 rings (SSSR count). The van der Waals surface area contributed by atoms with E-state index in [1.54, 1.807) is 0 Å². The SMILES string of the molecule is c1ccc(C2OC2C2CO2)cc1. The average Bonchev–Trinajstić information content (AvgIpc) is 2.99. The quantitative estimate of drug-likeness (QED) is 0.616. The van der Waals surface area contributed by atoms with Crippen molar-refractivity contribution in [3.63, 3.8) is 0 Å². The zero-order valence-electron chi connectivity index (χ0n) is 6.64. The van der Waals surface area contributed by atoms with Crippen LogP contribution in [0.1, 0.15) is 11.7 Å². The monoisotopic (exact) mass is 162 g/mol. The summed E-state index contributed by atoms with van der Waals surface area (Å²) in [5.74, 6) is 0. The van der Waals surface area contributed by atoms with Gasteiger partial charge in [-0.25, -0.2) is 0 Å². The highest BCUT2D eigenvalue weighted by molar-refractivity contribution is 5.23. The maximum absolute atomic E-state index is 5.50. The van der Waals surface area contributed by atoms with Crippen LogP contribution in [0.4, 0.5) is 0 Å². The van der Waals surface area contributed by atoms with E-state index in [1.807, 2.05) is 18.2 Å². The van der Waals surface area contributed by atoms with Gasteiger partial charge in [0.25, 0.3) is 0 Å². The van der Waals surface area contributed by atoms with E-state index in [0.29, 0.717) is 18.3 Å². The molecule has 2 fully saturated rings. The van der Waals surface area contributed by atoms with Crippen LogP contribution in [-0.2, 0) is 9.47 Å². The van der Waals surface area contributed by atoms with E-state index in [9.17, 15) is 0 Å². The van der Waals surface area contributed by atoms with Gasteiger partial charge in [-0.15, -0.1) is 0 Å². The molecule has 0 amide bonds. The number of rotatable bonds is 2. The van der Waals surface area contributed by atoms with Gasteiger partial charge < -0.3 is 9.47 Å². The summed E-state index contributed by atoms with van der Waals surface area (Å²) in [6.07, 6.45) is 1.03. The molecule has 0 radical (unpaired) electrons.